The van der Waals surface area contributed by atoms with E-state index in [-0.39, 0.29) is 21.2 Å². The van der Waals surface area contributed by atoms with Gasteiger partial charge in [0.05, 0.1) is 12.2 Å². The smallest absolute Gasteiger partial charge is 0.192 e. The Balaban J connectivity index is 2.24. The first kappa shape index (κ1) is 41.7. The van der Waals surface area contributed by atoms with Crippen molar-refractivity contribution in [2.24, 2.45) is 23.7 Å². The second-order valence-electron chi connectivity index (χ2n) is 19.4. The molecule has 0 bridgehead atoms. The van der Waals surface area contributed by atoms with Crippen LogP contribution in [-0.4, -0.2) is 43.8 Å². The van der Waals surface area contributed by atoms with Gasteiger partial charge >= 0.3 is 0 Å². The molecule has 0 radical (unpaired) electrons. The molecule has 6 heteroatoms. The van der Waals surface area contributed by atoms with Crippen LogP contribution in [-0.2, 0) is 13.3 Å². The third-order valence-electron chi connectivity index (χ3n) is 12.6. The molecule has 0 aromatic heterocycles. The zero-order chi connectivity index (χ0) is 35.4. The molecule has 46 heavy (non-hydrogen) atoms. The van der Waals surface area contributed by atoms with E-state index in [9.17, 15) is 0 Å². The van der Waals surface area contributed by atoms with Gasteiger partial charge in [-0.15, -0.1) is 11.8 Å². The van der Waals surface area contributed by atoms with Gasteiger partial charge in [-0.25, -0.2) is 0 Å². The first-order valence-corrected chi connectivity index (χ1v) is 27.3. The molecular weight excluding hydrogens is 613 g/mol. The van der Waals surface area contributed by atoms with Crippen molar-refractivity contribution in [3.05, 3.63) is 23.8 Å². The first-order chi connectivity index (χ1) is 20.8. The molecule has 6 atom stereocenters. The van der Waals surface area contributed by atoms with Gasteiger partial charge in [0, 0.05) is 18.9 Å². The summed E-state index contributed by atoms with van der Waals surface area (Å²) in [5.74, 6) is 8.65. The summed E-state index contributed by atoms with van der Waals surface area (Å²) in [6.07, 6.45) is 16.1. The maximum absolute atomic E-state index is 7.24. The highest BCUT2D eigenvalue weighted by Crippen LogP contribution is 2.53. The highest BCUT2D eigenvalue weighted by atomic mass is 28.4. The van der Waals surface area contributed by atoms with Crippen molar-refractivity contribution in [2.45, 2.75) is 188 Å². The molecule has 0 unspecified atom stereocenters. The van der Waals surface area contributed by atoms with Gasteiger partial charge in [0.2, 0.25) is 0 Å². The molecule has 0 spiro atoms. The van der Waals surface area contributed by atoms with E-state index in [1.807, 2.05) is 6.92 Å². The predicted octanol–water partition coefficient (Wildman–Crippen LogP) is 12.5. The molecule has 0 N–H and O–H groups in total. The van der Waals surface area contributed by atoms with E-state index in [0.717, 1.165) is 25.4 Å². The SMILES string of the molecule is CC#CC[C@H](C)[C@@H](/C=C/[C@@H]1[C@H]2C/C(=C/CCCCO[Si](C)(C)C(C)(C)C)C[C@H]2C[C@H]1O[Si](C)(C)C(C)(C)C)O[Si](C)(C)C(C)(C)C. The standard InChI is InChI=1S/C40H76O3Si3/c1-18-19-23-31(2)36(42-45(14,15)39(6,7)8)26-25-34-35-29-32(24-21-20-22-27-41-44(12,13)38(3,4)5)28-33(35)30-37(34)43-46(16,17)40(9,10)11/h24-26,31,33-37H,20-23,27-30H2,1-17H3/b26-25+,32-24+/t31-,33-,34+,35-,36+,37+/m0/s1. The summed E-state index contributed by atoms with van der Waals surface area (Å²) in [5.41, 5.74) is 1.69. The molecule has 0 amide bonds. The van der Waals surface area contributed by atoms with Gasteiger partial charge in [-0.05, 0) is 118 Å². The van der Waals surface area contributed by atoms with Crippen LogP contribution in [0.2, 0.25) is 54.4 Å². The monoisotopic (exact) mass is 689 g/mol. The highest BCUT2D eigenvalue weighted by molar-refractivity contribution is 6.75. The van der Waals surface area contributed by atoms with E-state index >= 15 is 0 Å². The zero-order valence-corrected chi connectivity index (χ0v) is 36.6. The van der Waals surface area contributed by atoms with Gasteiger partial charge in [0.15, 0.2) is 25.0 Å². The van der Waals surface area contributed by atoms with E-state index < -0.39 is 25.0 Å². The molecule has 2 rings (SSSR count). The first-order valence-electron chi connectivity index (χ1n) is 18.6. The van der Waals surface area contributed by atoms with Crippen molar-refractivity contribution in [1.29, 1.82) is 0 Å². The molecule has 2 aliphatic rings. The van der Waals surface area contributed by atoms with Crippen LogP contribution in [0.25, 0.3) is 0 Å². The second-order valence-corrected chi connectivity index (χ2v) is 33.7. The number of rotatable bonds is 14. The molecule has 0 aromatic rings. The number of hydrogen-bond donors (Lipinski definition) is 0. The maximum Gasteiger partial charge on any atom is 0.192 e. The fraction of sp³-hybridized carbons (Fsp3) is 0.850. The molecule has 0 saturated heterocycles. The normalized spacial score (nSPS) is 25.5. The lowest BCUT2D eigenvalue weighted by atomic mass is 9.89. The summed E-state index contributed by atoms with van der Waals surface area (Å²) >= 11 is 0. The lowest BCUT2D eigenvalue weighted by molar-refractivity contribution is 0.144. The summed E-state index contributed by atoms with van der Waals surface area (Å²) < 4.78 is 20.8. The third-order valence-corrected chi connectivity index (χ3v) is 26.1. The van der Waals surface area contributed by atoms with Crippen molar-refractivity contribution in [1.82, 2.24) is 0 Å². The topological polar surface area (TPSA) is 27.7 Å². The van der Waals surface area contributed by atoms with Crippen LogP contribution in [0.15, 0.2) is 23.8 Å². The van der Waals surface area contributed by atoms with Crippen LogP contribution in [0.1, 0.15) is 121 Å². The van der Waals surface area contributed by atoms with Crippen LogP contribution in [0, 0.1) is 35.5 Å². The summed E-state index contributed by atoms with van der Waals surface area (Å²) in [6, 6.07) is 0. The fourth-order valence-electron chi connectivity index (χ4n) is 6.17. The Bertz CT molecular complexity index is 1090. The number of fused-ring (bicyclic) bond motifs is 1. The molecule has 0 aromatic carbocycles. The van der Waals surface area contributed by atoms with Crippen LogP contribution in [0.3, 0.4) is 0 Å². The van der Waals surface area contributed by atoms with E-state index in [4.69, 9.17) is 13.3 Å². The third kappa shape index (κ3) is 11.3. The predicted molar refractivity (Wildman–Crippen MR) is 210 cm³/mol. The fourth-order valence-corrected chi connectivity index (χ4v) is 9.97. The molecule has 266 valence electrons. The van der Waals surface area contributed by atoms with E-state index in [1.54, 1.807) is 5.57 Å². The minimum Gasteiger partial charge on any atom is -0.417 e. The average Bonchev–Trinajstić information content (AvgIpc) is 3.41. The van der Waals surface area contributed by atoms with Gasteiger partial charge in [-0.2, -0.15) is 0 Å². The Morgan fingerprint density at radius 1 is 0.826 bits per heavy atom. The molecule has 3 nitrogen and oxygen atoms in total. The molecule has 2 saturated carbocycles. The van der Waals surface area contributed by atoms with Gasteiger partial charge in [0.25, 0.3) is 0 Å². The average molecular weight is 689 g/mol. The van der Waals surface area contributed by atoms with Crippen molar-refractivity contribution < 1.29 is 13.3 Å². The summed E-state index contributed by atoms with van der Waals surface area (Å²) in [6.45, 7) is 40.6. The molecule has 2 aliphatic carbocycles. The van der Waals surface area contributed by atoms with Crippen molar-refractivity contribution >= 4 is 25.0 Å². The molecular formula is C40H76O3Si3. The van der Waals surface area contributed by atoms with Crippen molar-refractivity contribution in [3.8, 4) is 11.8 Å². The molecule has 2 fully saturated rings. The largest absolute Gasteiger partial charge is 0.417 e. The lowest BCUT2D eigenvalue weighted by Gasteiger charge is -2.41. The number of unbranched alkanes of at least 4 members (excludes halogenated alkanes) is 2. The van der Waals surface area contributed by atoms with Gasteiger partial charge in [-0.1, -0.05) is 93.0 Å². The Morgan fingerprint density at radius 2 is 1.41 bits per heavy atom. The highest BCUT2D eigenvalue weighted by Gasteiger charge is 2.50. The van der Waals surface area contributed by atoms with Gasteiger partial charge in [-0.3, -0.25) is 0 Å². The Morgan fingerprint density at radius 3 is 1.96 bits per heavy atom. The van der Waals surface area contributed by atoms with Crippen LogP contribution < -0.4 is 0 Å². The second kappa shape index (κ2) is 16.1. The lowest BCUT2D eigenvalue weighted by Crippen LogP contribution is -2.45. The minimum atomic E-state index is -1.95. The number of allylic oxidation sites excluding steroid dienone is 2. The van der Waals surface area contributed by atoms with Gasteiger partial charge < -0.3 is 13.3 Å². The van der Waals surface area contributed by atoms with E-state index in [1.165, 1.54) is 32.1 Å². The van der Waals surface area contributed by atoms with Crippen LogP contribution in [0.4, 0.5) is 0 Å². The Hall–Kier alpha value is -0.429. The van der Waals surface area contributed by atoms with Crippen molar-refractivity contribution in [2.75, 3.05) is 6.61 Å². The Kier molecular flexibility index (Phi) is 14.6. The quantitative estimate of drug-likeness (QED) is 0.0787. The van der Waals surface area contributed by atoms with E-state index in [0.29, 0.717) is 23.9 Å². The van der Waals surface area contributed by atoms with Gasteiger partial charge in [0.1, 0.15) is 0 Å². The minimum absolute atomic E-state index is 0.0827. The Labute approximate surface area is 290 Å². The van der Waals surface area contributed by atoms with E-state index in [2.05, 4.69) is 139 Å². The maximum atomic E-state index is 7.24. The summed E-state index contributed by atoms with van der Waals surface area (Å²) in [7, 11) is -5.49. The van der Waals surface area contributed by atoms with Crippen molar-refractivity contribution in [3.63, 3.8) is 0 Å². The molecule has 0 aliphatic heterocycles. The zero-order valence-electron chi connectivity index (χ0n) is 33.6. The summed E-state index contributed by atoms with van der Waals surface area (Å²) in [4.78, 5) is 0. The summed E-state index contributed by atoms with van der Waals surface area (Å²) in [5, 5.41) is 0.662. The van der Waals surface area contributed by atoms with Crippen LogP contribution in [0.5, 0.6) is 0 Å². The van der Waals surface area contributed by atoms with Crippen LogP contribution >= 0.6 is 0 Å². The molecule has 0 heterocycles. The number of hydrogen-bond acceptors (Lipinski definition) is 3.